The lowest BCUT2D eigenvalue weighted by atomic mass is 10.2. The van der Waals surface area contributed by atoms with Gasteiger partial charge in [-0.25, -0.2) is 14.3 Å². The molecule has 7 heteroatoms. The van der Waals surface area contributed by atoms with Gasteiger partial charge in [-0.15, -0.1) is 0 Å². The molecule has 2 rings (SSSR count). The number of hydrogen-bond acceptors (Lipinski definition) is 5. The lowest BCUT2D eigenvalue weighted by Gasteiger charge is -2.05. The number of carbonyl (C=O) groups excluding carboxylic acids is 2. The van der Waals surface area contributed by atoms with Crippen LogP contribution in [0.3, 0.4) is 0 Å². The van der Waals surface area contributed by atoms with Crippen molar-refractivity contribution in [1.82, 2.24) is 4.74 Å². The number of amides is 1. The second-order valence-electron chi connectivity index (χ2n) is 4.59. The third-order valence-electron chi connectivity index (χ3n) is 3.14. The highest BCUT2D eigenvalue weighted by Gasteiger charge is 2.19. The molecule has 0 bridgehead atoms. The molecule has 0 aliphatic rings. The third kappa shape index (κ3) is 3.08. The third-order valence-corrected chi connectivity index (χ3v) is 3.14. The number of ether oxygens (including phenoxy) is 1. The van der Waals surface area contributed by atoms with Crippen molar-refractivity contribution in [2.24, 2.45) is 7.05 Å². The van der Waals surface area contributed by atoms with Crippen molar-refractivity contribution in [3.8, 4) is 0 Å². The van der Waals surface area contributed by atoms with Crippen LogP contribution in [0.2, 0.25) is 0 Å². The van der Waals surface area contributed by atoms with E-state index in [0.717, 1.165) is 0 Å². The number of esters is 1. The van der Waals surface area contributed by atoms with Crippen LogP contribution < -0.4 is 10.9 Å². The van der Waals surface area contributed by atoms with E-state index < -0.39 is 17.5 Å². The first-order chi connectivity index (χ1) is 10.4. The van der Waals surface area contributed by atoms with E-state index in [1.807, 2.05) is 0 Å². The lowest BCUT2D eigenvalue weighted by Crippen LogP contribution is -2.19. The molecule has 7 nitrogen and oxygen atoms in total. The topological polar surface area (TPSA) is 90.5 Å². The molecule has 0 unspecified atom stereocenters. The number of carbonyl (C=O) groups is 2. The number of nitrogens with zero attached hydrogens (tertiary/aromatic N) is 1. The summed E-state index contributed by atoms with van der Waals surface area (Å²) in [7, 11) is 1.54. The Morgan fingerprint density at radius 3 is 2.41 bits per heavy atom. The Kier molecular flexibility index (Phi) is 4.45. The van der Waals surface area contributed by atoms with Crippen molar-refractivity contribution in [3.05, 3.63) is 51.5 Å². The smallest absolute Gasteiger partial charge is 0.370 e. The standard InChI is InChI=1S/C15H16N2O5/c1-4-21-14(19)10-5-7-11(8-6-10)16-13(18)12-9(2)17(3)22-15(12)20/h5-8H,4H2,1-3H3,(H,16,18). The number of rotatable bonds is 4. The van der Waals surface area contributed by atoms with E-state index in [9.17, 15) is 14.4 Å². The summed E-state index contributed by atoms with van der Waals surface area (Å²) < 4.78 is 10.9. The molecular weight excluding hydrogens is 288 g/mol. The Morgan fingerprint density at radius 1 is 1.27 bits per heavy atom. The van der Waals surface area contributed by atoms with E-state index in [4.69, 9.17) is 9.26 Å². The van der Waals surface area contributed by atoms with Crippen molar-refractivity contribution in [3.63, 3.8) is 0 Å². The fraction of sp³-hybridized carbons (Fsp3) is 0.267. The fourth-order valence-electron chi connectivity index (χ4n) is 1.90. The average Bonchev–Trinajstić information content (AvgIpc) is 2.73. The summed E-state index contributed by atoms with van der Waals surface area (Å²) in [6.45, 7) is 3.63. The van der Waals surface area contributed by atoms with E-state index in [2.05, 4.69) is 5.32 Å². The number of benzene rings is 1. The minimum absolute atomic E-state index is 0.0445. The Labute approximate surface area is 126 Å². The molecule has 0 aliphatic carbocycles. The first-order valence-corrected chi connectivity index (χ1v) is 6.69. The van der Waals surface area contributed by atoms with E-state index in [-0.39, 0.29) is 5.56 Å². The van der Waals surface area contributed by atoms with Crippen molar-refractivity contribution < 1.29 is 18.8 Å². The van der Waals surface area contributed by atoms with Gasteiger partial charge in [0, 0.05) is 12.7 Å². The number of hydrogen-bond donors (Lipinski definition) is 1. The van der Waals surface area contributed by atoms with E-state index in [1.165, 1.54) is 16.9 Å². The predicted octanol–water partition coefficient (Wildman–Crippen LogP) is 1.72. The van der Waals surface area contributed by atoms with Crippen LogP contribution >= 0.6 is 0 Å². The van der Waals surface area contributed by atoms with Gasteiger partial charge in [0.2, 0.25) is 0 Å². The van der Waals surface area contributed by atoms with Crippen LogP contribution in [0.25, 0.3) is 0 Å². The van der Waals surface area contributed by atoms with Crippen molar-refractivity contribution >= 4 is 17.6 Å². The zero-order valence-corrected chi connectivity index (χ0v) is 12.5. The summed E-state index contributed by atoms with van der Waals surface area (Å²) in [5, 5.41) is 2.59. The van der Waals surface area contributed by atoms with Crippen LogP contribution in [-0.4, -0.2) is 23.2 Å². The number of aromatic nitrogens is 1. The van der Waals surface area contributed by atoms with E-state index in [1.54, 1.807) is 33.0 Å². The average molecular weight is 304 g/mol. The Bertz CT molecular complexity index is 755. The van der Waals surface area contributed by atoms with Crippen molar-refractivity contribution in [1.29, 1.82) is 0 Å². The van der Waals surface area contributed by atoms with Crippen LogP contribution in [0.15, 0.2) is 33.6 Å². The van der Waals surface area contributed by atoms with Crippen LogP contribution in [-0.2, 0) is 11.8 Å². The Balaban J connectivity index is 2.15. The van der Waals surface area contributed by atoms with Gasteiger partial charge in [-0.3, -0.25) is 4.79 Å². The van der Waals surface area contributed by atoms with Gasteiger partial charge in [-0.1, -0.05) is 0 Å². The summed E-state index contributed by atoms with van der Waals surface area (Å²) in [5.41, 5.74) is 0.541. The van der Waals surface area contributed by atoms with Crippen LogP contribution in [0.5, 0.6) is 0 Å². The number of nitrogens with one attached hydrogen (secondary N) is 1. The van der Waals surface area contributed by atoms with Crippen molar-refractivity contribution in [2.45, 2.75) is 13.8 Å². The minimum atomic E-state index is -0.694. The van der Waals surface area contributed by atoms with Crippen molar-refractivity contribution in [2.75, 3.05) is 11.9 Å². The molecule has 22 heavy (non-hydrogen) atoms. The first kappa shape index (κ1) is 15.6. The molecule has 0 fully saturated rings. The molecule has 0 atom stereocenters. The highest BCUT2D eigenvalue weighted by atomic mass is 16.5. The summed E-state index contributed by atoms with van der Waals surface area (Å²) in [5.74, 6) is -0.990. The summed E-state index contributed by atoms with van der Waals surface area (Å²) in [6, 6.07) is 6.19. The van der Waals surface area contributed by atoms with Gasteiger partial charge in [0.15, 0.2) is 0 Å². The van der Waals surface area contributed by atoms with Gasteiger partial charge in [0.1, 0.15) is 5.56 Å². The molecule has 1 aromatic heterocycles. The quantitative estimate of drug-likeness (QED) is 0.868. The molecule has 1 aromatic carbocycles. The SMILES string of the molecule is CCOC(=O)c1ccc(NC(=O)c2c(C)n(C)oc2=O)cc1. The summed E-state index contributed by atoms with van der Waals surface area (Å²) in [6.07, 6.45) is 0. The summed E-state index contributed by atoms with van der Waals surface area (Å²) >= 11 is 0. The largest absolute Gasteiger partial charge is 0.462 e. The zero-order valence-electron chi connectivity index (χ0n) is 12.5. The predicted molar refractivity (Wildman–Crippen MR) is 79.0 cm³/mol. The molecule has 0 spiro atoms. The second-order valence-corrected chi connectivity index (χ2v) is 4.59. The molecule has 0 saturated carbocycles. The van der Waals surface area contributed by atoms with Crippen LogP contribution in [0.4, 0.5) is 5.69 Å². The van der Waals surface area contributed by atoms with E-state index in [0.29, 0.717) is 23.6 Å². The van der Waals surface area contributed by atoms with Gasteiger partial charge in [0.25, 0.3) is 5.91 Å². The monoisotopic (exact) mass is 304 g/mol. The number of anilines is 1. The minimum Gasteiger partial charge on any atom is -0.462 e. The maximum Gasteiger partial charge on any atom is 0.370 e. The molecule has 116 valence electrons. The molecule has 1 amide bonds. The fourth-order valence-corrected chi connectivity index (χ4v) is 1.90. The Morgan fingerprint density at radius 2 is 1.91 bits per heavy atom. The first-order valence-electron chi connectivity index (χ1n) is 6.69. The lowest BCUT2D eigenvalue weighted by molar-refractivity contribution is 0.0526. The maximum atomic E-state index is 12.1. The molecule has 1 N–H and O–H groups in total. The normalized spacial score (nSPS) is 10.3. The van der Waals surface area contributed by atoms with Gasteiger partial charge >= 0.3 is 11.6 Å². The molecule has 0 saturated heterocycles. The number of aryl methyl sites for hydroxylation is 1. The molecule has 1 heterocycles. The van der Waals surface area contributed by atoms with Crippen LogP contribution in [0, 0.1) is 6.92 Å². The highest BCUT2D eigenvalue weighted by Crippen LogP contribution is 2.12. The maximum absolute atomic E-state index is 12.1. The van der Waals surface area contributed by atoms with E-state index >= 15 is 0 Å². The molecule has 0 radical (unpaired) electrons. The zero-order chi connectivity index (χ0) is 16.3. The van der Waals surface area contributed by atoms with Gasteiger partial charge < -0.3 is 14.6 Å². The van der Waals surface area contributed by atoms with Gasteiger partial charge in [-0.05, 0) is 38.1 Å². The highest BCUT2D eigenvalue weighted by molar-refractivity contribution is 6.04. The van der Waals surface area contributed by atoms with Crippen LogP contribution in [0.1, 0.15) is 33.3 Å². The second kappa shape index (κ2) is 6.30. The van der Waals surface area contributed by atoms with Gasteiger partial charge in [-0.2, -0.15) is 0 Å². The summed E-state index contributed by atoms with van der Waals surface area (Å²) in [4.78, 5) is 35.2. The molecule has 0 aliphatic heterocycles. The molecule has 2 aromatic rings. The van der Waals surface area contributed by atoms with Gasteiger partial charge in [0.05, 0.1) is 17.9 Å². The molecular formula is C15H16N2O5. The Hall–Kier alpha value is -2.83.